The first-order valence-corrected chi connectivity index (χ1v) is 9.37. The maximum Gasteiger partial charge on any atom is 0.273 e. The molecule has 0 amide bonds. The van der Waals surface area contributed by atoms with Crippen LogP contribution in [0.5, 0.6) is 5.75 Å². The van der Waals surface area contributed by atoms with Crippen molar-refractivity contribution in [3.05, 3.63) is 63.7 Å². The van der Waals surface area contributed by atoms with Crippen molar-refractivity contribution in [2.45, 2.75) is 26.3 Å². The Morgan fingerprint density at radius 2 is 1.81 bits per heavy atom. The van der Waals surface area contributed by atoms with Gasteiger partial charge in [0.25, 0.3) is 5.69 Å². The zero-order valence-corrected chi connectivity index (χ0v) is 16.2. The minimum absolute atomic E-state index is 0.214. The number of anilines is 1. The Morgan fingerprint density at radius 1 is 1.11 bits per heavy atom. The standard InChI is InChI=1S/C21H27N3O3/c1-16(2)17-8-9-19(24(25)26)18(14-17)15-22-10-12-23(13-11-22)20-6-4-5-7-21(20)27-3/h4-9,14,16H,10-13,15H2,1-3H3. The van der Waals surface area contributed by atoms with Gasteiger partial charge in [-0.05, 0) is 29.7 Å². The van der Waals surface area contributed by atoms with Crippen LogP contribution in [0.25, 0.3) is 0 Å². The molecule has 144 valence electrons. The van der Waals surface area contributed by atoms with E-state index < -0.39 is 0 Å². The molecule has 0 aromatic heterocycles. The molecule has 1 saturated heterocycles. The molecule has 0 atom stereocenters. The average molecular weight is 369 g/mol. The van der Waals surface area contributed by atoms with Gasteiger partial charge in [-0.3, -0.25) is 15.0 Å². The van der Waals surface area contributed by atoms with Crippen molar-refractivity contribution in [3.8, 4) is 5.75 Å². The Balaban J connectivity index is 1.70. The third kappa shape index (κ3) is 4.39. The number of nitro groups is 1. The molecule has 6 nitrogen and oxygen atoms in total. The van der Waals surface area contributed by atoms with Gasteiger partial charge in [0.1, 0.15) is 5.75 Å². The third-order valence-corrected chi connectivity index (χ3v) is 5.16. The summed E-state index contributed by atoms with van der Waals surface area (Å²) < 4.78 is 5.47. The number of hydrogen-bond acceptors (Lipinski definition) is 5. The summed E-state index contributed by atoms with van der Waals surface area (Å²) in [6.07, 6.45) is 0. The molecule has 0 spiro atoms. The van der Waals surface area contributed by atoms with Crippen LogP contribution in [-0.2, 0) is 6.54 Å². The van der Waals surface area contributed by atoms with Crippen molar-refractivity contribution in [2.24, 2.45) is 0 Å². The molecular formula is C21H27N3O3. The van der Waals surface area contributed by atoms with Gasteiger partial charge in [0.05, 0.1) is 17.7 Å². The van der Waals surface area contributed by atoms with Crippen LogP contribution in [0.3, 0.4) is 0 Å². The van der Waals surface area contributed by atoms with Gasteiger partial charge in [-0.1, -0.05) is 32.0 Å². The quantitative estimate of drug-likeness (QED) is 0.568. The molecular weight excluding hydrogens is 342 g/mol. The van der Waals surface area contributed by atoms with Crippen LogP contribution in [-0.4, -0.2) is 43.1 Å². The van der Waals surface area contributed by atoms with Crippen molar-refractivity contribution in [1.29, 1.82) is 0 Å². The van der Waals surface area contributed by atoms with E-state index in [4.69, 9.17) is 4.74 Å². The molecule has 1 heterocycles. The predicted octanol–water partition coefficient (Wildman–Crippen LogP) is 4.05. The molecule has 1 aliphatic rings. The van der Waals surface area contributed by atoms with Gasteiger partial charge >= 0.3 is 0 Å². The highest BCUT2D eigenvalue weighted by molar-refractivity contribution is 5.58. The second-order valence-electron chi connectivity index (χ2n) is 7.24. The summed E-state index contributed by atoms with van der Waals surface area (Å²) in [4.78, 5) is 15.7. The Bertz CT molecular complexity index is 799. The molecule has 0 saturated carbocycles. The first kappa shape index (κ1) is 19.2. The SMILES string of the molecule is COc1ccccc1N1CCN(Cc2cc(C(C)C)ccc2[N+](=O)[O-])CC1. The summed E-state index contributed by atoms with van der Waals surface area (Å²) >= 11 is 0. The molecule has 2 aromatic rings. The second-order valence-corrected chi connectivity index (χ2v) is 7.24. The topological polar surface area (TPSA) is 58.8 Å². The summed E-state index contributed by atoms with van der Waals surface area (Å²) in [6, 6.07) is 13.6. The van der Waals surface area contributed by atoms with Crippen LogP contribution in [0.15, 0.2) is 42.5 Å². The fourth-order valence-corrected chi connectivity index (χ4v) is 3.55. The summed E-state index contributed by atoms with van der Waals surface area (Å²) in [6.45, 7) is 8.29. The van der Waals surface area contributed by atoms with Gasteiger partial charge < -0.3 is 9.64 Å². The number of rotatable bonds is 6. The lowest BCUT2D eigenvalue weighted by atomic mass is 9.99. The molecule has 3 rings (SSSR count). The molecule has 0 unspecified atom stereocenters. The average Bonchev–Trinajstić information content (AvgIpc) is 2.68. The molecule has 0 N–H and O–H groups in total. The van der Waals surface area contributed by atoms with E-state index in [0.717, 1.165) is 48.7 Å². The molecule has 0 aliphatic carbocycles. The van der Waals surface area contributed by atoms with E-state index in [2.05, 4.69) is 29.7 Å². The van der Waals surface area contributed by atoms with Crippen LogP contribution < -0.4 is 9.64 Å². The highest BCUT2D eigenvalue weighted by atomic mass is 16.6. The zero-order chi connectivity index (χ0) is 19.4. The van der Waals surface area contributed by atoms with Gasteiger partial charge in [0.2, 0.25) is 0 Å². The van der Waals surface area contributed by atoms with Crippen molar-refractivity contribution in [2.75, 3.05) is 38.2 Å². The maximum atomic E-state index is 11.4. The molecule has 1 fully saturated rings. The Kier molecular flexibility index (Phi) is 5.96. The fourth-order valence-electron chi connectivity index (χ4n) is 3.55. The summed E-state index contributed by atoms with van der Waals surface area (Å²) in [7, 11) is 1.69. The van der Waals surface area contributed by atoms with Crippen LogP contribution in [0.2, 0.25) is 0 Å². The van der Waals surface area contributed by atoms with E-state index in [1.54, 1.807) is 13.2 Å². The summed E-state index contributed by atoms with van der Waals surface area (Å²) in [5.74, 6) is 1.23. The molecule has 0 radical (unpaired) electrons. The van der Waals surface area contributed by atoms with Gasteiger partial charge in [-0.25, -0.2) is 0 Å². The van der Waals surface area contributed by atoms with E-state index in [1.165, 1.54) is 0 Å². The second kappa shape index (κ2) is 8.39. The minimum atomic E-state index is -0.273. The Morgan fingerprint density at radius 3 is 2.44 bits per heavy atom. The molecule has 6 heteroatoms. The number of piperazine rings is 1. The van der Waals surface area contributed by atoms with Gasteiger partial charge in [0.15, 0.2) is 0 Å². The van der Waals surface area contributed by atoms with E-state index in [-0.39, 0.29) is 10.6 Å². The van der Waals surface area contributed by atoms with Gasteiger partial charge in [-0.2, -0.15) is 0 Å². The van der Waals surface area contributed by atoms with Crippen molar-refractivity contribution in [1.82, 2.24) is 4.90 Å². The van der Waals surface area contributed by atoms with Crippen LogP contribution >= 0.6 is 0 Å². The molecule has 27 heavy (non-hydrogen) atoms. The largest absolute Gasteiger partial charge is 0.495 e. The first-order valence-electron chi connectivity index (χ1n) is 9.37. The zero-order valence-electron chi connectivity index (χ0n) is 16.2. The summed E-state index contributed by atoms with van der Waals surface area (Å²) in [5.41, 5.74) is 3.26. The van der Waals surface area contributed by atoms with Crippen molar-refractivity contribution >= 4 is 11.4 Å². The van der Waals surface area contributed by atoms with Crippen LogP contribution in [0, 0.1) is 10.1 Å². The third-order valence-electron chi connectivity index (χ3n) is 5.16. The maximum absolute atomic E-state index is 11.4. The van der Waals surface area contributed by atoms with Crippen molar-refractivity contribution < 1.29 is 9.66 Å². The Labute approximate surface area is 160 Å². The molecule has 0 bridgehead atoms. The lowest BCUT2D eigenvalue weighted by Crippen LogP contribution is -2.46. The fraction of sp³-hybridized carbons (Fsp3) is 0.429. The number of ether oxygens (including phenoxy) is 1. The molecule has 1 aliphatic heterocycles. The highest BCUT2D eigenvalue weighted by Gasteiger charge is 2.23. The van der Waals surface area contributed by atoms with E-state index in [0.29, 0.717) is 12.5 Å². The normalized spacial score (nSPS) is 15.2. The van der Waals surface area contributed by atoms with Gasteiger partial charge in [0, 0.05) is 44.4 Å². The minimum Gasteiger partial charge on any atom is -0.495 e. The lowest BCUT2D eigenvalue weighted by Gasteiger charge is -2.36. The Hall–Kier alpha value is -2.60. The number of methoxy groups -OCH3 is 1. The molecule has 2 aromatic carbocycles. The van der Waals surface area contributed by atoms with Gasteiger partial charge in [-0.15, -0.1) is 0 Å². The number of benzene rings is 2. The number of nitrogens with zero attached hydrogens (tertiary/aromatic N) is 3. The summed E-state index contributed by atoms with van der Waals surface area (Å²) in [5, 5.41) is 11.4. The lowest BCUT2D eigenvalue weighted by molar-refractivity contribution is -0.385. The monoisotopic (exact) mass is 369 g/mol. The van der Waals surface area contributed by atoms with E-state index in [1.807, 2.05) is 30.3 Å². The number of para-hydroxylation sites is 2. The highest BCUT2D eigenvalue weighted by Crippen LogP contribution is 2.29. The predicted molar refractivity (Wildman–Crippen MR) is 108 cm³/mol. The van der Waals surface area contributed by atoms with Crippen LogP contribution in [0.4, 0.5) is 11.4 Å². The van der Waals surface area contributed by atoms with E-state index >= 15 is 0 Å². The smallest absolute Gasteiger partial charge is 0.273 e. The van der Waals surface area contributed by atoms with Crippen molar-refractivity contribution in [3.63, 3.8) is 0 Å². The first-order chi connectivity index (χ1) is 13.0. The van der Waals surface area contributed by atoms with Crippen LogP contribution in [0.1, 0.15) is 30.9 Å². The number of hydrogen-bond donors (Lipinski definition) is 0. The van der Waals surface area contributed by atoms with E-state index in [9.17, 15) is 10.1 Å². The number of nitro benzene ring substituents is 1.